The minimum Gasteiger partial charge on any atom is -0.377 e. The molecule has 0 bridgehead atoms. The van der Waals surface area contributed by atoms with Crippen molar-refractivity contribution in [3.63, 3.8) is 0 Å². The summed E-state index contributed by atoms with van der Waals surface area (Å²) in [5.74, 6) is 0. The third-order valence-corrected chi connectivity index (χ3v) is 2.59. The van der Waals surface area contributed by atoms with Crippen LogP contribution in [0.15, 0.2) is 30.3 Å². The zero-order valence-electron chi connectivity index (χ0n) is 9.98. The molecule has 1 unspecified atom stereocenters. The van der Waals surface area contributed by atoms with Crippen LogP contribution in [-0.2, 0) is 11.3 Å². The maximum Gasteiger partial charge on any atom is 0.269 e. The third kappa shape index (κ3) is 4.40. The van der Waals surface area contributed by atoms with Crippen LogP contribution in [0.3, 0.4) is 0 Å². The van der Waals surface area contributed by atoms with Gasteiger partial charge in [0.25, 0.3) is 6.43 Å². The molecule has 0 aliphatic carbocycles. The van der Waals surface area contributed by atoms with Gasteiger partial charge in [0.1, 0.15) is 0 Å². The van der Waals surface area contributed by atoms with Crippen LogP contribution in [0.2, 0.25) is 0 Å². The SMILES string of the molecule is N#CC(N)(CCCOCc1ccccc1)C(F)F. The van der Waals surface area contributed by atoms with Gasteiger partial charge in [-0.2, -0.15) is 5.26 Å². The first kappa shape index (κ1) is 14.6. The summed E-state index contributed by atoms with van der Waals surface area (Å²) >= 11 is 0. The summed E-state index contributed by atoms with van der Waals surface area (Å²) in [5, 5.41) is 8.59. The van der Waals surface area contributed by atoms with Crippen molar-refractivity contribution in [2.45, 2.75) is 31.4 Å². The molecule has 0 radical (unpaired) electrons. The Morgan fingerprint density at radius 3 is 2.56 bits per heavy atom. The number of nitrogens with zero attached hydrogens (tertiary/aromatic N) is 1. The van der Waals surface area contributed by atoms with Gasteiger partial charge < -0.3 is 10.5 Å². The lowest BCUT2D eigenvalue weighted by Gasteiger charge is -2.19. The Bertz CT molecular complexity index is 392. The molecule has 0 heterocycles. The summed E-state index contributed by atoms with van der Waals surface area (Å²) < 4.78 is 30.3. The molecule has 1 aromatic rings. The van der Waals surface area contributed by atoms with Gasteiger partial charge in [0.05, 0.1) is 12.7 Å². The van der Waals surface area contributed by atoms with Crippen LogP contribution in [0.25, 0.3) is 0 Å². The van der Waals surface area contributed by atoms with E-state index < -0.39 is 12.0 Å². The normalized spacial score (nSPS) is 14.2. The summed E-state index contributed by atoms with van der Waals surface area (Å²) in [7, 11) is 0. The van der Waals surface area contributed by atoms with E-state index in [2.05, 4.69) is 0 Å². The van der Waals surface area contributed by atoms with Crippen molar-refractivity contribution < 1.29 is 13.5 Å². The first-order valence-electron chi connectivity index (χ1n) is 5.68. The zero-order valence-corrected chi connectivity index (χ0v) is 9.98. The largest absolute Gasteiger partial charge is 0.377 e. The van der Waals surface area contributed by atoms with Gasteiger partial charge in [-0.15, -0.1) is 0 Å². The second-order valence-corrected chi connectivity index (χ2v) is 4.09. The lowest BCUT2D eigenvalue weighted by molar-refractivity contribution is 0.0647. The number of nitriles is 1. The highest BCUT2D eigenvalue weighted by Gasteiger charge is 2.35. The second-order valence-electron chi connectivity index (χ2n) is 4.09. The fourth-order valence-corrected chi connectivity index (χ4v) is 1.44. The topological polar surface area (TPSA) is 59.0 Å². The first-order chi connectivity index (χ1) is 8.58. The molecule has 3 nitrogen and oxygen atoms in total. The first-order valence-corrected chi connectivity index (χ1v) is 5.68. The minimum atomic E-state index is -2.84. The molecule has 0 aliphatic heterocycles. The highest BCUT2D eigenvalue weighted by molar-refractivity contribution is 5.13. The molecule has 5 heteroatoms. The Labute approximate surface area is 105 Å². The average Bonchev–Trinajstić information content (AvgIpc) is 2.39. The molecule has 1 atom stereocenters. The fraction of sp³-hybridized carbons (Fsp3) is 0.462. The van der Waals surface area contributed by atoms with Gasteiger partial charge in [-0.25, -0.2) is 8.78 Å². The highest BCUT2D eigenvalue weighted by Crippen LogP contribution is 2.18. The van der Waals surface area contributed by atoms with Gasteiger partial charge in [-0.1, -0.05) is 30.3 Å². The molecule has 1 rings (SSSR count). The molecule has 1 aromatic carbocycles. The Hall–Kier alpha value is -1.51. The Morgan fingerprint density at radius 2 is 2.00 bits per heavy atom. The monoisotopic (exact) mass is 254 g/mol. The number of hydrogen-bond donors (Lipinski definition) is 1. The number of rotatable bonds is 7. The van der Waals surface area contributed by atoms with E-state index in [0.29, 0.717) is 19.6 Å². The Morgan fingerprint density at radius 1 is 1.33 bits per heavy atom. The smallest absolute Gasteiger partial charge is 0.269 e. The molecule has 0 aromatic heterocycles. The van der Waals surface area contributed by atoms with Crippen molar-refractivity contribution >= 4 is 0 Å². The quantitative estimate of drug-likeness (QED) is 0.760. The number of alkyl halides is 2. The molecule has 0 amide bonds. The molecular weight excluding hydrogens is 238 g/mol. The van der Waals surface area contributed by atoms with E-state index in [1.54, 1.807) is 0 Å². The zero-order chi connectivity index (χ0) is 13.4. The molecule has 0 saturated carbocycles. The van der Waals surface area contributed by atoms with Gasteiger partial charge in [0.2, 0.25) is 0 Å². The molecule has 0 saturated heterocycles. The van der Waals surface area contributed by atoms with Gasteiger partial charge in [-0.05, 0) is 18.4 Å². The number of benzene rings is 1. The van der Waals surface area contributed by atoms with Crippen LogP contribution in [-0.4, -0.2) is 18.6 Å². The van der Waals surface area contributed by atoms with Crippen LogP contribution >= 0.6 is 0 Å². The van der Waals surface area contributed by atoms with Crippen molar-refractivity contribution in [3.05, 3.63) is 35.9 Å². The number of ether oxygens (including phenoxy) is 1. The van der Waals surface area contributed by atoms with E-state index in [1.807, 2.05) is 30.3 Å². The van der Waals surface area contributed by atoms with E-state index in [0.717, 1.165) is 5.56 Å². The summed E-state index contributed by atoms with van der Waals surface area (Å²) in [4.78, 5) is 0. The van der Waals surface area contributed by atoms with E-state index in [4.69, 9.17) is 15.7 Å². The summed E-state index contributed by atoms with van der Waals surface area (Å²) in [6, 6.07) is 11.0. The molecule has 0 aliphatic rings. The highest BCUT2D eigenvalue weighted by atomic mass is 19.3. The Kier molecular flexibility index (Phi) is 5.69. The van der Waals surface area contributed by atoms with E-state index >= 15 is 0 Å². The molecule has 2 N–H and O–H groups in total. The van der Waals surface area contributed by atoms with Crippen LogP contribution in [0, 0.1) is 11.3 Å². The van der Waals surface area contributed by atoms with Crippen molar-refractivity contribution in [3.8, 4) is 6.07 Å². The minimum absolute atomic E-state index is 0.0735. The van der Waals surface area contributed by atoms with Crippen LogP contribution in [0.1, 0.15) is 18.4 Å². The van der Waals surface area contributed by atoms with E-state index in [1.165, 1.54) is 6.07 Å². The summed E-state index contributed by atoms with van der Waals surface area (Å²) in [5.41, 5.74) is 4.23. The van der Waals surface area contributed by atoms with Crippen molar-refractivity contribution in [1.82, 2.24) is 0 Å². The lowest BCUT2D eigenvalue weighted by atomic mass is 9.97. The number of nitrogens with two attached hydrogens (primary N) is 1. The standard InChI is InChI=1S/C13H16F2N2O/c14-12(15)13(17,10-16)7-4-8-18-9-11-5-2-1-3-6-11/h1-3,5-6,12H,4,7-9,17H2. The van der Waals surface area contributed by atoms with E-state index in [9.17, 15) is 8.78 Å². The van der Waals surface area contributed by atoms with Crippen LogP contribution in [0.4, 0.5) is 8.78 Å². The number of hydrogen-bond acceptors (Lipinski definition) is 3. The average molecular weight is 254 g/mol. The maximum atomic E-state index is 12.5. The molecule has 0 spiro atoms. The Balaban J connectivity index is 2.22. The molecule has 0 fully saturated rings. The van der Waals surface area contributed by atoms with E-state index in [-0.39, 0.29) is 6.42 Å². The van der Waals surface area contributed by atoms with Crippen molar-refractivity contribution in [2.24, 2.45) is 5.73 Å². The third-order valence-electron chi connectivity index (χ3n) is 2.59. The maximum absolute atomic E-state index is 12.5. The van der Waals surface area contributed by atoms with Gasteiger partial charge >= 0.3 is 0 Å². The predicted molar refractivity (Wildman–Crippen MR) is 63.9 cm³/mol. The predicted octanol–water partition coefficient (Wildman–Crippen LogP) is 2.47. The summed E-state index contributed by atoms with van der Waals surface area (Å²) in [6.07, 6.45) is -2.58. The van der Waals surface area contributed by atoms with Crippen LogP contribution < -0.4 is 5.73 Å². The summed E-state index contributed by atoms with van der Waals surface area (Å²) in [6.45, 7) is 0.738. The lowest BCUT2D eigenvalue weighted by Crippen LogP contribution is -2.45. The van der Waals surface area contributed by atoms with Gasteiger partial charge in [0, 0.05) is 6.61 Å². The van der Waals surface area contributed by atoms with Crippen LogP contribution in [0.5, 0.6) is 0 Å². The van der Waals surface area contributed by atoms with Gasteiger partial charge in [0.15, 0.2) is 5.54 Å². The van der Waals surface area contributed by atoms with Crippen molar-refractivity contribution in [1.29, 1.82) is 5.26 Å². The fourth-order valence-electron chi connectivity index (χ4n) is 1.44. The molecular formula is C13H16F2N2O. The van der Waals surface area contributed by atoms with Gasteiger partial charge in [-0.3, -0.25) is 0 Å². The second kappa shape index (κ2) is 7.04. The molecule has 18 heavy (non-hydrogen) atoms. The molecule has 98 valence electrons. The van der Waals surface area contributed by atoms with Crippen molar-refractivity contribution in [2.75, 3.05) is 6.61 Å². The number of halogens is 2.